The van der Waals surface area contributed by atoms with Crippen LogP contribution in [0.4, 0.5) is 10.5 Å². The Kier molecular flexibility index (Phi) is 6.03. The molecule has 29 heavy (non-hydrogen) atoms. The number of nitrogens with zero attached hydrogens (tertiary/aromatic N) is 2. The lowest BCUT2D eigenvalue weighted by atomic mass is 10.3. The van der Waals surface area contributed by atoms with E-state index < -0.39 is 23.2 Å². The molecule has 3 aromatic rings. The third-order valence-electron chi connectivity index (χ3n) is 3.91. The molecule has 0 unspecified atom stereocenters. The van der Waals surface area contributed by atoms with Crippen molar-refractivity contribution in [2.24, 2.45) is 7.05 Å². The second kappa shape index (κ2) is 8.65. The first-order valence-corrected chi connectivity index (χ1v) is 9.45. The Morgan fingerprint density at radius 1 is 1.00 bits per heavy atom. The van der Waals surface area contributed by atoms with Crippen molar-refractivity contribution >= 4 is 23.5 Å². The molecule has 0 spiro atoms. The Labute approximate surface area is 169 Å². The van der Waals surface area contributed by atoms with E-state index in [0.717, 1.165) is 18.9 Å². The molecule has 0 bridgehead atoms. The zero-order chi connectivity index (χ0) is 21.0. The summed E-state index contributed by atoms with van der Waals surface area (Å²) in [5.74, 6) is 0. The van der Waals surface area contributed by atoms with E-state index in [9.17, 15) is 19.2 Å². The highest BCUT2D eigenvalue weighted by Gasteiger charge is 2.09. The summed E-state index contributed by atoms with van der Waals surface area (Å²) in [5.41, 5.74) is -1.29. The van der Waals surface area contributed by atoms with E-state index in [4.69, 9.17) is 4.74 Å². The number of rotatable bonds is 5. The number of benzene rings is 2. The molecule has 0 saturated carbocycles. The Bertz CT molecular complexity index is 1190. The summed E-state index contributed by atoms with van der Waals surface area (Å²) in [7, 11) is 1.29. The maximum Gasteiger partial charge on any atom is 0.411 e. The van der Waals surface area contributed by atoms with Crippen LogP contribution < -0.4 is 22.4 Å². The molecular formula is C19H18N4O5S. The van der Waals surface area contributed by atoms with Crippen LogP contribution in [0.1, 0.15) is 6.92 Å². The number of aromatic amines is 1. The summed E-state index contributed by atoms with van der Waals surface area (Å²) in [4.78, 5) is 51.0. The number of ether oxygens (including phenoxy) is 1. The number of H-pyrrole nitrogens is 1. The highest BCUT2D eigenvalue weighted by atomic mass is 32.2. The Hall–Kier alpha value is -3.53. The summed E-state index contributed by atoms with van der Waals surface area (Å²) in [6, 6.07) is 14.0. The van der Waals surface area contributed by atoms with Gasteiger partial charge >= 0.3 is 23.2 Å². The smallest absolute Gasteiger partial charge is 0.411 e. The fourth-order valence-corrected chi connectivity index (χ4v) is 3.29. The summed E-state index contributed by atoms with van der Waals surface area (Å²) < 4.78 is 6.55. The van der Waals surface area contributed by atoms with E-state index in [1.54, 1.807) is 43.3 Å². The number of amides is 1. The van der Waals surface area contributed by atoms with Gasteiger partial charge in [-0.05, 0) is 55.5 Å². The molecule has 0 aliphatic heterocycles. The monoisotopic (exact) mass is 414 g/mol. The molecule has 1 heterocycles. The topological polar surface area (TPSA) is 115 Å². The lowest BCUT2D eigenvalue weighted by Crippen LogP contribution is -2.47. The van der Waals surface area contributed by atoms with E-state index in [-0.39, 0.29) is 0 Å². The Morgan fingerprint density at radius 2 is 1.59 bits per heavy atom. The Morgan fingerprint density at radius 3 is 2.17 bits per heavy atom. The highest BCUT2D eigenvalue weighted by Crippen LogP contribution is 2.29. The number of hydrogen-bond donors (Lipinski definition) is 2. The van der Waals surface area contributed by atoms with E-state index in [1.807, 2.05) is 12.1 Å². The van der Waals surface area contributed by atoms with Gasteiger partial charge in [0, 0.05) is 22.5 Å². The molecule has 150 valence electrons. The van der Waals surface area contributed by atoms with Gasteiger partial charge in [0.1, 0.15) is 0 Å². The average molecular weight is 414 g/mol. The highest BCUT2D eigenvalue weighted by molar-refractivity contribution is 7.99. The molecule has 3 rings (SSSR count). The molecule has 0 radical (unpaired) electrons. The maximum absolute atomic E-state index is 12.2. The molecule has 9 nitrogen and oxygen atoms in total. The van der Waals surface area contributed by atoms with Crippen LogP contribution in [-0.4, -0.2) is 26.8 Å². The molecule has 0 aliphatic carbocycles. The lowest BCUT2D eigenvalue weighted by molar-refractivity contribution is 0.168. The van der Waals surface area contributed by atoms with Gasteiger partial charge in [0.05, 0.1) is 12.3 Å². The molecular weight excluding hydrogens is 396 g/mol. The summed E-state index contributed by atoms with van der Waals surface area (Å²) >= 11 is 1.47. The van der Waals surface area contributed by atoms with Crippen LogP contribution in [0.3, 0.4) is 0 Å². The zero-order valence-electron chi connectivity index (χ0n) is 15.7. The van der Waals surface area contributed by atoms with Crippen molar-refractivity contribution in [1.29, 1.82) is 0 Å². The third-order valence-corrected chi connectivity index (χ3v) is 4.92. The maximum atomic E-state index is 12.2. The van der Waals surface area contributed by atoms with Crippen molar-refractivity contribution in [1.82, 2.24) is 14.1 Å². The fraction of sp³-hybridized carbons (Fsp3) is 0.158. The van der Waals surface area contributed by atoms with Crippen LogP contribution in [0.2, 0.25) is 0 Å². The fourth-order valence-electron chi connectivity index (χ4n) is 2.47. The predicted octanol–water partition coefficient (Wildman–Crippen LogP) is 1.94. The van der Waals surface area contributed by atoms with Crippen LogP contribution in [-0.2, 0) is 11.8 Å². The van der Waals surface area contributed by atoms with Gasteiger partial charge in [0.25, 0.3) is 0 Å². The second-order valence-corrected chi connectivity index (χ2v) is 7.03. The van der Waals surface area contributed by atoms with E-state index in [2.05, 4.69) is 10.3 Å². The normalized spacial score (nSPS) is 10.6. The minimum absolute atomic E-state index is 0.299. The number of aromatic nitrogens is 3. The molecule has 1 aromatic heterocycles. The summed E-state index contributed by atoms with van der Waals surface area (Å²) in [5, 5.41) is 2.62. The van der Waals surface area contributed by atoms with Crippen molar-refractivity contribution in [3.63, 3.8) is 0 Å². The lowest BCUT2D eigenvalue weighted by Gasteiger charge is -2.08. The molecule has 0 atom stereocenters. The first kappa shape index (κ1) is 20.2. The molecule has 0 aliphatic rings. The quantitative estimate of drug-likeness (QED) is 0.659. The van der Waals surface area contributed by atoms with Crippen molar-refractivity contribution in [3.05, 3.63) is 80.0 Å². The average Bonchev–Trinajstić information content (AvgIpc) is 2.69. The molecule has 0 fully saturated rings. The van der Waals surface area contributed by atoms with Crippen LogP contribution in [0.15, 0.2) is 72.7 Å². The van der Waals surface area contributed by atoms with Gasteiger partial charge < -0.3 is 4.74 Å². The number of nitrogens with one attached hydrogen (secondary N) is 2. The zero-order valence-corrected chi connectivity index (χ0v) is 16.5. The molecule has 1 amide bonds. The van der Waals surface area contributed by atoms with Crippen molar-refractivity contribution < 1.29 is 9.53 Å². The van der Waals surface area contributed by atoms with Crippen LogP contribution in [0, 0.1) is 0 Å². The largest absolute Gasteiger partial charge is 0.450 e. The molecule has 2 aromatic carbocycles. The summed E-state index contributed by atoms with van der Waals surface area (Å²) in [6.45, 7) is 2.03. The van der Waals surface area contributed by atoms with E-state index in [0.29, 0.717) is 18.0 Å². The number of carbonyl (C=O) groups excluding carboxylic acids is 1. The van der Waals surface area contributed by atoms with Gasteiger partial charge in [-0.15, -0.1) is 0 Å². The van der Waals surface area contributed by atoms with Gasteiger partial charge in [-0.1, -0.05) is 11.8 Å². The third kappa shape index (κ3) is 4.66. The number of hydrogen-bond acceptors (Lipinski definition) is 6. The van der Waals surface area contributed by atoms with E-state index >= 15 is 0 Å². The van der Waals surface area contributed by atoms with Gasteiger partial charge in [0.15, 0.2) is 0 Å². The van der Waals surface area contributed by atoms with Crippen molar-refractivity contribution in [3.8, 4) is 5.69 Å². The first-order valence-electron chi connectivity index (χ1n) is 8.63. The van der Waals surface area contributed by atoms with Gasteiger partial charge in [-0.3, -0.25) is 10.3 Å². The minimum Gasteiger partial charge on any atom is -0.450 e. The van der Waals surface area contributed by atoms with Crippen LogP contribution >= 0.6 is 11.8 Å². The number of anilines is 1. The van der Waals surface area contributed by atoms with Crippen LogP contribution in [0.25, 0.3) is 5.69 Å². The minimum atomic E-state index is -0.789. The van der Waals surface area contributed by atoms with Crippen LogP contribution in [0.5, 0.6) is 0 Å². The summed E-state index contributed by atoms with van der Waals surface area (Å²) in [6.07, 6.45) is -0.507. The number of carbonyl (C=O) groups is 1. The van der Waals surface area contributed by atoms with Gasteiger partial charge in [-0.25, -0.2) is 28.3 Å². The molecule has 2 N–H and O–H groups in total. The van der Waals surface area contributed by atoms with Gasteiger partial charge in [-0.2, -0.15) is 0 Å². The SMILES string of the molecule is CCOC(=O)Nc1ccc(Sc2ccc(-n3c(=O)[nH]c(=O)n(C)c3=O)cc2)cc1. The van der Waals surface area contributed by atoms with Crippen molar-refractivity contribution in [2.45, 2.75) is 16.7 Å². The molecule has 0 saturated heterocycles. The predicted molar refractivity (Wildman–Crippen MR) is 109 cm³/mol. The van der Waals surface area contributed by atoms with E-state index in [1.165, 1.54) is 18.8 Å². The second-order valence-electron chi connectivity index (χ2n) is 5.88. The standard InChI is InChI=1S/C19H18N4O5S/c1-3-28-18(26)20-12-4-8-14(9-5-12)29-15-10-6-13(7-11-15)23-17(25)21-16(24)22(2)19(23)27/h4-11H,3H2,1-2H3,(H,20,26)(H,21,24,25). The first-order chi connectivity index (χ1) is 13.9. The van der Waals surface area contributed by atoms with Crippen molar-refractivity contribution in [2.75, 3.05) is 11.9 Å². The van der Waals surface area contributed by atoms with Gasteiger partial charge in [0.2, 0.25) is 0 Å². The Balaban J connectivity index is 1.76. The molecule has 10 heteroatoms.